The van der Waals surface area contributed by atoms with Crippen molar-refractivity contribution in [3.63, 3.8) is 0 Å². The molecular weight excluding hydrogens is 512 g/mol. The van der Waals surface area contributed by atoms with Crippen LogP contribution in [0, 0.1) is 19.7 Å². The van der Waals surface area contributed by atoms with Crippen molar-refractivity contribution >= 4 is 5.69 Å². The molecule has 4 aromatic rings. The van der Waals surface area contributed by atoms with Gasteiger partial charge in [-0.25, -0.2) is 9.18 Å². The van der Waals surface area contributed by atoms with Crippen LogP contribution in [0.3, 0.4) is 0 Å². The maximum atomic E-state index is 14.7. The van der Waals surface area contributed by atoms with Gasteiger partial charge in [-0.3, -0.25) is 9.53 Å². The Bertz CT molecular complexity index is 1550. The van der Waals surface area contributed by atoms with Crippen LogP contribution < -0.4 is 56.0 Å². The van der Waals surface area contributed by atoms with E-state index in [0.29, 0.717) is 25.3 Å². The van der Waals surface area contributed by atoms with E-state index in [-0.39, 0.29) is 41.7 Å². The van der Waals surface area contributed by atoms with Crippen LogP contribution in [-0.4, -0.2) is 22.1 Å². The average Bonchev–Trinajstić information content (AvgIpc) is 3.16. The van der Waals surface area contributed by atoms with Crippen LogP contribution in [0.25, 0.3) is 11.1 Å². The van der Waals surface area contributed by atoms with Crippen molar-refractivity contribution in [2.75, 3.05) is 11.9 Å². The third kappa shape index (κ3) is 7.95. The van der Waals surface area contributed by atoms with Crippen molar-refractivity contribution in [1.29, 1.82) is 0 Å². The first kappa shape index (κ1) is 30.4. The van der Waals surface area contributed by atoms with Crippen LogP contribution in [0.2, 0.25) is 0 Å². The van der Waals surface area contributed by atoms with E-state index in [0.717, 1.165) is 38.3 Å². The number of ether oxygens (including phenoxy) is 1. The monoisotopic (exact) mass is 543 g/mol. The van der Waals surface area contributed by atoms with E-state index in [1.807, 2.05) is 37.3 Å². The molecule has 0 fully saturated rings. The molecule has 0 atom stereocenters. The summed E-state index contributed by atoms with van der Waals surface area (Å²) >= 11 is 0. The molecule has 1 aromatic heterocycles. The number of nitrogens with one attached hydrogen (secondary N) is 1. The van der Waals surface area contributed by atoms with E-state index in [1.54, 1.807) is 19.9 Å². The zero-order valence-corrected chi connectivity index (χ0v) is 24.9. The number of benzene rings is 3. The molecule has 0 spiro atoms. The second-order valence-electron chi connectivity index (χ2n) is 9.93. The topological polar surface area (TPSA) is 108 Å². The van der Waals surface area contributed by atoms with E-state index in [4.69, 9.17) is 4.74 Å². The molecule has 0 saturated carbocycles. The van der Waals surface area contributed by atoms with Crippen LogP contribution in [0.15, 0.2) is 68.7 Å². The summed E-state index contributed by atoms with van der Waals surface area (Å²) in [6, 6.07) is 16.7. The van der Waals surface area contributed by atoms with Crippen LogP contribution in [0.5, 0.6) is 5.75 Å². The minimum atomic E-state index is -1.01. The van der Waals surface area contributed by atoms with Crippen molar-refractivity contribution in [3.05, 3.63) is 104 Å². The normalized spacial score (nSPS) is 11.2. The van der Waals surface area contributed by atoms with Gasteiger partial charge in [-0.1, -0.05) is 30.3 Å². The molecule has 8 nitrogen and oxygen atoms in total. The first-order valence-electron chi connectivity index (χ1n) is 12.3. The summed E-state index contributed by atoms with van der Waals surface area (Å²) in [5.74, 6) is -0.775. The molecule has 3 aromatic carbocycles. The predicted octanol–water partition coefficient (Wildman–Crippen LogP) is 1.39. The van der Waals surface area contributed by atoms with Gasteiger partial charge in [-0.2, -0.15) is 0 Å². The van der Waals surface area contributed by atoms with Gasteiger partial charge in [0.05, 0.1) is 12.2 Å². The summed E-state index contributed by atoms with van der Waals surface area (Å²) < 4.78 is 25.8. The van der Waals surface area contributed by atoms with Gasteiger partial charge in [0.25, 0.3) is 0 Å². The quantitative estimate of drug-likeness (QED) is 0.291. The Balaban J connectivity index is 0.00000420. The second-order valence-corrected chi connectivity index (χ2v) is 9.93. The number of aryl methyl sites for hydroxylation is 1. The molecule has 0 bridgehead atoms. The number of aliphatic hydroxyl groups is 1. The third-order valence-corrected chi connectivity index (χ3v) is 6.36. The van der Waals surface area contributed by atoms with E-state index in [1.165, 1.54) is 12.1 Å². The molecule has 2 N–H and O–H groups in total. The number of aromatic nitrogens is 2. The molecule has 0 saturated heterocycles. The standard InChI is InChI=1S/C29H32FN3O5.Na/c1-18-14-23(37-13-12-29(3,4)36)10-11-24(18)25-7-5-6-20(19(25)2)16-31-22-9-8-21(26(30)15-22)17-33-27(34)32-28(35)38-33;/h5-11,14-15,31,36H,12-13,16-17H2,1-4H3,(H,32,34,35);/q;+1/p-1. The molecule has 0 radical (unpaired) electrons. The van der Waals surface area contributed by atoms with Gasteiger partial charge in [-0.15, -0.1) is 0 Å². The molecule has 200 valence electrons. The fourth-order valence-corrected chi connectivity index (χ4v) is 4.14. The molecule has 0 aliphatic heterocycles. The largest absolute Gasteiger partial charge is 1.00 e. The van der Waals surface area contributed by atoms with Gasteiger partial charge in [0.1, 0.15) is 11.6 Å². The van der Waals surface area contributed by atoms with Crippen LogP contribution in [-0.2, 0) is 13.1 Å². The number of halogens is 1. The van der Waals surface area contributed by atoms with Crippen molar-refractivity contribution < 1.29 is 48.3 Å². The number of rotatable bonds is 10. The summed E-state index contributed by atoms with van der Waals surface area (Å²) in [7, 11) is 0. The minimum absolute atomic E-state index is 0. The molecule has 1 heterocycles. The summed E-state index contributed by atoms with van der Waals surface area (Å²) in [6.07, 6.45) is 0.540. The predicted molar refractivity (Wildman–Crippen MR) is 143 cm³/mol. The summed E-state index contributed by atoms with van der Waals surface area (Å²) in [5, 5.41) is 13.1. The number of nitrogens with zero attached hydrogens (tertiary/aromatic N) is 2. The van der Waals surface area contributed by atoms with Crippen molar-refractivity contribution in [2.24, 2.45) is 0 Å². The van der Waals surface area contributed by atoms with Crippen LogP contribution >= 0.6 is 0 Å². The molecule has 0 amide bonds. The van der Waals surface area contributed by atoms with E-state index < -0.39 is 22.9 Å². The fourth-order valence-electron chi connectivity index (χ4n) is 4.14. The maximum Gasteiger partial charge on any atom is 1.00 e. The van der Waals surface area contributed by atoms with Crippen molar-refractivity contribution in [3.8, 4) is 16.9 Å². The Morgan fingerprint density at radius 2 is 1.82 bits per heavy atom. The number of hydrogen-bond acceptors (Lipinski definition) is 6. The minimum Gasteiger partial charge on any atom is -0.493 e. The van der Waals surface area contributed by atoms with Gasteiger partial charge in [0.15, 0.2) is 5.69 Å². The van der Waals surface area contributed by atoms with Gasteiger partial charge >= 0.3 is 35.3 Å². The Hall–Kier alpha value is -3.11. The SMILES string of the molecule is Cc1cc(OCCC(C)(C)O)ccc1-c1cccc(CNc2ccc(Cn3oc(=O)[n-]c3=O)c(F)c2)c1C.[Na+]. The van der Waals surface area contributed by atoms with Crippen LogP contribution in [0.4, 0.5) is 10.1 Å². The summed E-state index contributed by atoms with van der Waals surface area (Å²) in [6.45, 7) is 8.32. The molecule has 10 heteroatoms. The molecule has 0 aliphatic rings. The summed E-state index contributed by atoms with van der Waals surface area (Å²) in [4.78, 5) is 25.8. The van der Waals surface area contributed by atoms with Gasteiger partial charge in [0, 0.05) is 25.2 Å². The number of anilines is 1. The third-order valence-electron chi connectivity index (χ3n) is 6.36. The van der Waals surface area contributed by atoms with Crippen molar-refractivity contribution in [1.82, 2.24) is 9.72 Å². The van der Waals surface area contributed by atoms with Gasteiger partial charge in [0.2, 0.25) is 0 Å². The van der Waals surface area contributed by atoms with E-state index in [9.17, 15) is 19.1 Å². The zero-order chi connectivity index (χ0) is 27.4. The first-order valence-corrected chi connectivity index (χ1v) is 12.3. The first-order chi connectivity index (χ1) is 18.0. The van der Waals surface area contributed by atoms with E-state index >= 15 is 0 Å². The fraction of sp³-hybridized carbons (Fsp3) is 0.310. The molecular formula is C29H31FN3NaO5. The molecule has 0 aliphatic carbocycles. The van der Waals surface area contributed by atoms with Gasteiger partial charge < -0.3 is 24.7 Å². The van der Waals surface area contributed by atoms with Crippen LogP contribution in [0.1, 0.15) is 42.5 Å². The van der Waals surface area contributed by atoms with E-state index in [2.05, 4.69) is 27.8 Å². The Morgan fingerprint density at radius 3 is 2.46 bits per heavy atom. The van der Waals surface area contributed by atoms with Crippen molar-refractivity contribution in [2.45, 2.75) is 52.8 Å². The summed E-state index contributed by atoms with van der Waals surface area (Å²) in [5.41, 5.74) is 4.60. The maximum absolute atomic E-state index is 14.7. The second kappa shape index (κ2) is 12.8. The molecule has 0 unspecified atom stereocenters. The zero-order valence-electron chi connectivity index (χ0n) is 22.9. The Labute approximate surface area is 248 Å². The van der Waals surface area contributed by atoms with Gasteiger partial charge in [-0.05, 0) is 85.3 Å². The molecule has 39 heavy (non-hydrogen) atoms. The smallest absolute Gasteiger partial charge is 0.493 e. The number of hydrogen-bond donors (Lipinski definition) is 2. The average molecular weight is 544 g/mol. The Morgan fingerprint density at radius 1 is 1.05 bits per heavy atom. The Kier molecular flexibility index (Phi) is 10.0. The molecule has 4 rings (SSSR count).